The number of carbonyl (C=O) groups is 2. The number of nitrogens with two attached hydrogens (primary N) is 1. The first-order valence-electron chi connectivity index (χ1n) is 6.38. The number of benzene rings is 1. The quantitative estimate of drug-likeness (QED) is 0.792. The van der Waals surface area contributed by atoms with Gasteiger partial charge in [-0.05, 0) is 37.5 Å². The fourth-order valence-electron chi connectivity index (χ4n) is 1.78. The third-order valence-electron chi connectivity index (χ3n) is 3.20. The Hall–Kier alpha value is -2.04. The van der Waals surface area contributed by atoms with Crippen LogP contribution in [0.1, 0.15) is 28.8 Å². The van der Waals surface area contributed by atoms with Gasteiger partial charge in [-0.3, -0.25) is 9.59 Å². The molecule has 1 fully saturated rings. The van der Waals surface area contributed by atoms with E-state index in [-0.39, 0.29) is 18.4 Å². The minimum absolute atomic E-state index is 0.0725. The highest BCUT2D eigenvalue weighted by molar-refractivity contribution is 5.97. The summed E-state index contributed by atoms with van der Waals surface area (Å²) < 4.78 is 0. The van der Waals surface area contributed by atoms with Crippen molar-refractivity contribution in [1.82, 2.24) is 10.2 Å². The summed E-state index contributed by atoms with van der Waals surface area (Å²) in [7, 11) is 1.62. The molecule has 0 atom stereocenters. The van der Waals surface area contributed by atoms with Crippen molar-refractivity contribution in [3.8, 4) is 0 Å². The Kier molecular flexibility index (Phi) is 3.74. The van der Waals surface area contributed by atoms with Gasteiger partial charge < -0.3 is 16.0 Å². The van der Waals surface area contributed by atoms with Crippen molar-refractivity contribution in [1.29, 1.82) is 0 Å². The predicted molar refractivity (Wildman–Crippen MR) is 73.7 cm³/mol. The Balaban J connectivity index is 1.97. The lowest BCUT2D eigenvalue weighted by molar-refractivity contribution is -0.121. The fourth-order valence-corrected chi connectivity index (χ4v) is 1.78. The molecule has 0 aromatic heterocycles. The van der Waals surface area contributed by atoms with Crippen molar-refractivity contribution in [3.63, 3.8) is 0 Å². The molecule has 0 unspecified atom stereocenters. The molecule has 0 saturated heterocycles. The molecule has 1 aromatic carbocycles. The van der Waals surface area contributed by atoms with Gasteiger partial charge in [-0.15, -0.1) is 0 Å². The summed E-state index contributed by atoms with van der Waals surface area (Å²) in [6.07, 6.45) is 2.08. The summed E-state index contributed by atoms with van der Waals surface area (Å²) >= 11 is 0. The normalized spacial score (nSPS) is 14.0. The highest BCUT2D eigenvalue weighted by Gasteiger charge is 2.24. The lowest BCUT2D eigenvalue weighted by Gasteiger charge is -2.17. The van der Waals surface area contributed by atoms with E-state index in [0.29, 0.717) is 17.3 Å². The molecule has 102 valence electrons. The molecule has 1 saturated carbocycles. The van der Waals surface area contributed by atoms with Crippen LogP contribution in [0, 0.1) is 6.92 Å². The van der Waals surface area contributed by atoms with Gasteiger partial charge >= 0.3 is 0 Å². The molecule has 3 N–H and O–H groups in total. The Morgan fingerprint density at radius 2 is 2.11 bits per heavy atom. The van der Waals surface area contributed by atoms with Gasteiger partial charge in [0, 0.05) is 24.3 Å². The molecule has 0 radical (unpaired) electrons. The van der Waals surface area contributed by atoms with Gasteiger partial charge in [0.2, 0.25) is 5.91 Å². The standard InChI is InChI=1S/C14H19N3O2/c1-9-3-4-10(7-12(9)15)14(19)17(2)8-13(18)16-11-5-6-11/h3-4,7,11H,5-6,8,15H2,1-2H3,(H,16,18). The minimum Gasteiger partial charge on any atom is -0.398 e. The number of anilines is 1. The van der Waals surface area contributed by atoms with E-state index in [2.05, 4.69) is 5.32 Å². The van der Waals surface area contributed by atoms with Gasteiger partial charge in [0.1, 0.15) is 0 Å². The number of aryl methyl sites for hydroxylation is 1. The van der Waals surface area contributed by atoms with E-state index in [1.165, 1.54) is 4.90 Å². The summed E-state index contributed by atoms with van der Waals surface area (Å²) in [5.74, 6) is -0.309. The van der Waals surface area contributed by atoms with E-state index in [1.807, 2.05) is 6.92 Å². The summed E-state index contributed by atoms with van der Waals surface area (Å²) in [5.41, 5.74) is 7.81. The monoisotopic (exact) mass is 261 g/mol. The maximum atomic E-state index is 12.1. The second kappa shape index (κ2) is 5.30. The fraction of sp³-hybridized carbons (Fsp3) is 0.429. The van der Waals surface area contributed by atoms with Crippen molar-refractivity contribution < 1.29 is 9.59 Å². The van der Waals surface area contributed by atoms with Gasteiger partial charge in [-0.1, -0.05) is 6.07 Å². The second-order valence-electron chi connectivity index (χ2n) is 5.07. The molecule has 1 aliphatic rings. The second-order valence-corrected chi connectivity index (χ2v) is 5.07. The lowest BCUT2D eigenvalue weighted by Crippen LogP contribution is -2.39. The minimum atomic E-state index is -0.197. The van der Waals surface area contributed by atoms with Gasteiger partial charge in [0.15, 0.2) is 0 Å². The number of carbonyl (C=O) groups excluding carboxylic acids is 2. The largest absolute Gasteiger partial charge is 0.398 e. The number of hydrogen-bond donors (Lipinski definition) is 2. The molecule has 1 aromatic rings. The van der Waals surface area contributed by atoms with Crippen LogP contribution in [-0.2, 0) is 4.79 Å². The van der Waals surface area contributed by atoms with Crippen LogP contribution in [0.4, 0.5) is 5.69 Å². The van der Waals surface area contributed by atoms with E-state index in [4.69, 9.17) is 5.73 Å². The van der Waals surface area contributed by atoms with Crippen molar-refractivity contribution in [3.05, 3.63) is 29.3 Å². The number of likely N-dealkylation sites (N-methyl/N-ethyl adjacent to an activating group) is 1. The molecule has 2 amide bonds. The maximum Gasteiger partial charge on any atom is 0.254 e. The molecule has 0 aliphatic heterocycles. The molecule has 1 aliphatic carbocycles. The first kappa shape index (κ1) is 13.4. The molecular formula is C14H19N3O2. The molecule has 5 nitrogen and oxygen atoms in total. The van der Waals surface area contributed by atoms with E-state index in [1.54, 1.807) is 25.2 Å². The van der Waals surface area contributed by atoms with Crippen molar-refractivity contribution in [2.45, 2.75) is 25.8 Å². The number of nitrogens with zero attached hydrogens (tertiary/aromatic N) is 1. The third-order valence-corrected chi connectivity index (χ3v) is 3.20. The van der Waals surface area contributed by atoms with Crippen LogP contribution < -0.4 is 11.1 Å². The molecule has 19 heavy (non-hydrogen) atoms. The summed E-state index contributed by atoms with van der Waals surface area (Å²) in [5, 5.41) is 2.85. The van der Waals surface area contributed by atoms with Gasteiger partial charge in [0.25, 0.3) is 5.91 Å². The van der Waals surface area contributed by atoms with Crippen LogP contribution in [0.25, 0.3) is 0 Å². The van der Waals surface area contributed by atoms with Gasteiger partial charge in [-0.25, -0.2) is 0 Å². The van der Waals surface area contributed by atoms with E-state index < -0.39 is 0 Å². The average Bonchev–Trinajstić information content (AvgIpc) is 3.15. The van der Waals surface area contributed by atoms with Crippen LogP contribution in [0.5, 0.6) is 0 Å². The summed E-state index contributed by atoms with van der Waals surface area (Å²) in [6.45, 7) is 1.96. The number of nitrogen functional groups attached to an aromatic ring is 1. The molecule has 5 heteroatoms. The Bertz CT molecular complexity index is 509. The van der Waals surface area contributed by atoms with Crippen LogP contribution in [0.15, 0.2) is 18.2 Å². The highest BCUT2D eigenvalue weighted by Crippen LogP contribution is 2.18. The highest BCUT2D eigenvalue weighted by atomic mass is 16.2. The third kappa shape index (κ3) is 3.47. The Morgan fingerprint density at radius 1 is 1.42 bits per heavy atom. The zero-order chi connectivity index (χ0) is 14.0. The van der Waals surface area contributed by atoms with E-state index >= 15 is 0 Å². The van der Waals surface area contributed by atoms with Crippen LogP contribution in [0.3, 0.4) is 0 Å². The van der Waals surface area contributed by atoms with E-state index in [0.717, 1.165) is 18.4 Å². The van der Waals surface area contributed by atoms with Crippen molar-refractivity contribution in [2.24, 2.45) is 0 Å². The van der Waals surface area contributed by atoms with Gasteiger partial charge in [-0.2, -0.15) is 0 Å². The zero-order valence-corrected chi connectivity index (χ0v) is 11.3. The predicted octanol–water partition coefficient (Wildman–Crippen LogP) is 0.928. The number of rotatable bonds is 4. The van der Waals surface area contributed by atoms with Crippen LogP contribution in [-0.4, -0.2) is 36.3 Å². The molecule has 0 bridgehead atoms. The SMILES string of the molecule is Cc1ccc(C(=O)N(C)CC(=O)NC2CC2)cc1N. The average molecular weight is 261 g/mol. The number of amides is 2. The molecule has 0 spiro atoms. The zero-order valence-electron chi connectivity index (χ0n) is 11.3. The van der Waals surface area contributed by atoms with Crippen molar-refractivity contribution in [2.75, 3.05) is 19.3 Å². The van der Waals surface area contributed by atoms with Crippen LogP contribution >= 0.6 is 0 Å². The number of nitrogens with one attached hydrogen (secondary N) is 1. The maximum absolute atomic E-state index is 12.1. The van der Waals surface area contributed by atoms with Crippen molar-refractivity contribution >= 4 is 17.5 Å². The first-order valence-corrected chi connectivity index (χ1v) is 6.38. The Labute approximate surface area is 112 Å². The van der Waals surface area contributed by atoms with Crippen LogP contribution in [0.2, 0.25) is 0 Å². The topological polar surface area (TPSA) is 75.4 Å². The lowest BCUT2D eigenvalue weighted by atomic mass is 10.1. The molecular weight excluding hydrogens is 242 g/mol. The van der Waals surface area contributed by atoms with E-state index in [9.17, 15) is 9.59 Å². The summed E-state index contributed by atoms with van der Waals surface area (Å²) in [4.78, 5) is 25.2. The first-order chi connectivity index (χ1) is 8.97. The molecule has 0 heterocycles. The number of hydrogen-bond acceptors (Lipinski definition) is 3. The smallest absolute Gasteiger partial charge is 0.254 e. The molecule has 2 rings (SSSR count). The van der Waals surface area contributed by atoms with Gasteiger partial charge in [0.05, 0.1) is 6.54 Å². The summed E-state index contributed by atoms with van der Waals surface area (Å²) in [6, 6.07) is 5.49. The Morgan fingerprint density at radius 3 is 2.68 bits per heavy atom.